The number of hydrogen-bond acceptors (Lipinski definition) is 3. The maximum atomic E-state index is 5.26. The maximum Gasteiger partial charge on any atom is 0.0950 e. The Labute approximate surface area is 121 Å². The van der Waals surface area contributed by atoms with E-state index < -0.39 is 0 Å². The molecule has 1 N–H and O–H groups in total. The van der Waals surface area contributed by atoms with Crippen LogP contribution >= 0.6 is 24.8 Å². The van der Waals surface area contributed by atoms with Gasteiger partial charge in [-0.25, -0.2) is 0 Å². The zero-order valence-electron chi connectivity index (χ0n) is 10.5. The van der Waals surface area contributed by atoms with Crippen molar-refractivity contribution in [1.29, 1.82) is 0 Å². The second kappa shape index (κ2) is 7.39. The lowest BCUT2D eigenvalue weighted by atomic mass is 9.77. The first-order valence-electron chi connectivity index (χ1n) is 6.42. The van der Waals surface area contributed by atoms with E-state index in [1.54, 1.807) is 0 Å². The Balaban J connectivity index is 0.000000810. The summed E-state index contributed by atoms with van der Waals surface area (Å²) in [7, 11) is 0. The number of hydrogen-bond donors (Lipinski definition) is 1. The van der Waals surface area contributed by atoms with Gasteiger partial charge < -0.3 is 9.73 Å². The fourth-order valence-corrected chi connectivity index (χ4v) is 2.94. The first kappa shape index (κ1) is 15.8. The minimum absolute atomic E-state index is 0. The molecule has 1 saturated carbocycles. The lowest BCUT2D eigenvalue weighted by Crippen LogP contribution is -2.47. The molecule has 0 amide bonds. The molecule has 2 aliphatic rings. The number of rotatable bonds is 3. The van der Waals surface area contributed by atoms with Crippen LogP contribution in [0.15, 0.2) is 23.0 Å². The largest absolute Gasteiger partial charge is 0.472 e. The molecule has 2 fully saturated rings. The highest BCUT2D eigenvalue weighted by molar-refractivity contribution is 5.85. The summed E-state index contributed by atoms with van der Waals surface area (Å²) >= 11 is 0. The van der Waals surface area contributed by atoms with Gasteiger partial charge in [0.25, 0.3) is 0 Å². The Morgan fingerprint density at radius 2 is 1.94 bits per heavy atom. The molecule has 1 aliphatic carbocycles. The van der Waals surface area contributed by atoms with E-state index in [1.165, 1.54) is 37.9 Å². The highest BCUT2D eigenvalue weighted by Crippen LogP contribution is 2.41. The summed E-state index contributed by atoms with van der Waals surface area (Å²) in [5.74, 6) is 0.857. The number of piperazine rings is 1. The van der Waals surface area contributed by atoms with Crippen LogP contribution in [-0.4, -0.2) is 31.1 Å². The van der Waals surface area contributed by atoms with Gasteiger partial charge in [0.05, 0.1) is 12.5 Å². The Bertz CT molecular complexity index is 322. The molecular formula is C13H22Cl2N2O. The van der Waals surface area contributed by atoms with Gasteiger partial charge in [-0.15, -0.1) is 24.8 Å². The van der Waals surface area contributed by atoms with Crippen LogP contribution in [0.4, 0.5) is 0 Å². The fourth-order valence-electron chi connectivity index (χ4n) is 2.94. The van der Waals surface area contributed by atoms with Gasteiger partial charge in [0, 0.05) is 37.8 Å². The van der Waals surface area contributed by atoms with Gasteiger partial charge in [0.1, 0.15) is 0 Å². The van der Waals surface area contributed by atoms with Crippen LogP contribution in [0.2, 0.25) is 0 Å². The van der Waals surface area contributed by atoms with Crippen LogP contribution in [0.25, 0.3) is 0 Å². The van der Waals surface area contributed by atoms with Crippen molar-refractivity contribution in [2.45, 2.75) is 25.3 Å². The fraction of sp³-hybridized carbons (Fsp3) is 0.692. The van der Waals surface area contributed by atoms with Gasteiger partial charge >= 0.3 is 0 Å². The third-order valence-corrected chi connectivity index (χ3v) is 4.03. The summed E-state index contributed by atoms with van der Waals surface area (Å²) in [6.07, 6.45) is 7.93. The summed E-state index contributed by atoms with van der Waals surface area (Å²) in [6.45, 7) is 4.60. The van der Waals surface area contributed by atoms with Gasteiger partial charge in [-0.05, 0) is 24.8 Å². The van der Waals surface area contributed by atoms with E-state index >= 15 is 0 Å². The second-order valence-electron chi connectivity index (χ2n) is 4.98. The monoisotopic (exact) mass is 292 g/mol. The molecule has 3 nitrogen and oxygen atoms in total. The Morgan fingerprint density at radius 1 is 1.22 bits per heavy atom. The Morgan fingerprint density at radius 3 is 2.44 bits per heavy atom. The number of halogens is 2. The summed E-state index contributed by atoms with van der Waals surface area (Å²) in [5.41, 5.74) is 1.38. The molecule has 1 saturated heterocycles. The van der Waals surface area contributed by atoms with Crippen LogP contribution in [-0.2, 0) is 0 Å². The van der Waals surface area contributed by atoms with Gasteiger partial charge in [-0.2, -0.15) is 0 Å². The summed E-state index contributed by atoms with van der Waals surface area (Å²) in [5, 5.41) is 3.42. The smallest absolute Gasteiger partial charge is 0.0950 e. The van der Waals surface area contributed by atoms with E-state index in [9.17, 15) is 0 Å². The van der Waals surface area contributed by atoms with Crippen LogP contribution in [0.3, 0.4) is 0 Å². The molecule has 18 heavy (non-hydrogen) atoms. The van der Waals surface area contributed by atoms with Gasteiger partial charge in [0.15, 0.2) is 0 Å². The molecule has 0 unspecified atom stereocenters. The predicted octanol–water partition coefficient (Wildman–Crippen LogP) is 2.87. The first-order chi connectivity index (χ1) is 7.95. The molecule has 3 rings (SSSR count). The van der Waals surface area contributed by atoms with Crippen LogP contribution in [0, 0.1) is 5.92 Å². The zero-order chi connectivity index (χ0) is 10.8. The summed E-state index contributed by atoms with van der Waals surface area (Å²) < 4.78 is 5.26. The van der Waals surface area contributed by atoms with E-state index in [1.807, 2.05) is 12.5 Å². The van der Waals surface area contributed by atoms with Crippen LogP contribution in [0.1, 0.15) is 30.9 Å². The third-order valence-electron chi connectivity index (χ3n) is 4.03. The zero-order valence-corrected chi connectivity index (χ0v) is 12.1. The van der Waals surface area contributed by atoms with Crippen molar-refractivity contribution >= 4 is 24.8 Å². The standard InChI is InChI=1S/C13H20N2O.2ClH/c1-2-11(3-1)13(12-4-9-16-10-12)15-7-5-14-6-8-15;;/h4,9-11,13-14H,1-3,5-8H2;2*1H/t13-;;/m1../s1. The van der Waals surface area contributed by atoms with Crippen molar-refractivity contribution in [3.63, 3.8) is 0 Å². The average molecular weight is 293 g/mol. The molecule has 1 aromatic heterocycles. The Kier molecular flexibility index (Phi) is 6.50. The number of nitrogens with zero attached hydrogens (tertiary/aromatic N) is 1. The SMILES string of the molecule is Cl.Cl.c1cc([C@@H](C2CCC2)N2CCNCC2)co1. The molecule has 1 aromatic rings. The lowest BCUT2D eigenvalue weighted by Gasteiger charge is -2.42. The maximum absolute atomic E-state index is 5.26. The molecule has 0 spiro atoms. The molecule has 1 atom stereocenters. The summed E-state index contributed by atoms with van der Waals surface area (Å²) in [6, 6.07) is 2.75. The second-order valence-corrected chi connectivity index (χ2v) is 4.98. The van der Waals surface area contributed by atoms with E-state index in [2.05, 4.69) is 16.3 Å². The highest BCUT2D eigenvalue weighted by atomic mass is 35.5. The van der Waals surface area contributed by atoms with Crippen molar-refractivity contribution < 1.29 is 4.42 Å². The average Bonchev–Trinajstić information content (AvgIpc) is 2.77. The Hall–Kier alpha value is -0.220. The van der Waals surface area contributed by atoms with Crippen molar-refractivity contribution in [3.8, 4) is 0 Å². The number of furan rings is 1. The molecule has 2 heterocycles. The van der Waals surface area contributed by atoms with Gasteiger partial charge in [-0.3, -0.25) is 4.90 Å². The summed E-state index contributed by atoms with van der Waals surface area (Å²) in [4.78, 5) is 2.63. The molecular weight excluding hydrogens is 271 g/mol. The topological polar surface area (TPSA) is 28.4 Å². The first-order valence-corrected chi connectivity index (χ1v) is 6.42. The quantitative estimate of drug-likeness (QED) is 0.929. The molecule has 0 radical (unpaired) electrons. The van der Waals surface area contributed by atoms with Crippen LogP contribution < -0.4 is 5.32 Å². The van der Waals surface area contributed by atoms with Gasteiger partial charge in [-0.1, -0.05) is 6.42 Å². The molecule has 0 aromatic carbocycles. The molecule has 5 heteroatoms. The van der Waals surface area contributed by atoms with E-state index in [0.29, 0.717) is 6.04 Å². The molecule has 1 aliphatic heterocycles. The normalized spacial score (nSPS) is 22.4. The molecule has 104 valence electrons. The van der Waals surface area contributed by atoms with Crippen LogP contribution in [0.5, 0.6) is 0 Å². The lowest BCUT2D eigenvalue weighted by molar-refractivity contribution is 0.0833. The minimum atomic E-state index is 0. The van der Waals surface area contributed by atoms with Crippen molar-refractivity contribution in [1.82, 2.24) is 10.2 Å². The number of nitrogens with one attached hydrogen (secondary N) is 1. The van der Waals surface area contributed by atoms with Crippen molar-refractivity contribution in [3.05, 3.63) is 24.2 Å². The van der Waals surface area contributed by atoms with Crippen molar-refractivity contribution in [2.24, 2.45) is 5.92 Å². The highest BCUT2D eigenvalue weighted by Gasteiger charge is 2.33. The van der Waals surface area contributed by atoms with E-state index in [4.69, 9.17) is 4.42 Å². The molecule has 0 bridgehead atoms. The van der Waals surface area contributed by atoms with E-state index in [0.717, 1.165) is 19.0 Å². The van der Waals surface area contributed by atoms with Gasteiger partial charge in [0.2, 0.25) is 0 Å². The minimum Gasteiger partial charge on any atom is -0.472 e. The van der Waals surface area contributed by atoms with E-state index in [-0.39, 0.29) is 24.8 Å². The predicted molar refractivity (Wildman–Crippen MR) is 77.7 cm³/mol. The third kappa shape index (κ3) is 3.21. The van der Waals surface area contributed by atoms with Crippen molar-refractivity contribution in [2.75, 3.05) is 26.2 Å².